The first-order chi connectivity index (χ1) is 10.7. The number of unbranched alkanes of at least 4 members (excludes halogenated alkanes) is 6. The van der Waals surface area contributed by atoms with Crippen molar-refractivity contribution in [3.63, 3.8) is 0 Å². The minimum absolute atomic E-state index is 0.279. The zero-order chi connectivity index (χ0) is 16.0. The van der Waals surface area contributed by atoms with Crippen LogP contribution >= 0.6 is 0 Å². The van der Waals surface area contributed by atoms with Crippen LogP contribution in [0.1, 0.15) is 51.9 Å². The van der Waals surface area contributed by atoms with Gasteiger partial charge in [-0.3, -0.25) is 0 Å². The second-order valence-electron chi connectivity index (χ2n) is 5.55. The molecule has 0 aliphatic rings. The molecule has 122 valence electrons. The highest BCUT2D eigenvalue weighted by atomic mass is 16.5. The molecular weight excluding hydrogens is 276 g/mol. The molecular formula is C19H28O3. The van der Waals surface area contributed by atoms with E-state index in [1.54, 1.807) is 6.92 Å². The molecule has 0 N–H and O–H groups in total. The van der Waals surface area contributed by atoms with Gasteiger partial charge in [-0.05, 0) is 31.9 Å². The summed E-state index contributed by atoms with van der Waals surface area (Å²) in [7, 11) is 0. The van der Waals surface area contributed by atoms with Crippen LogP contribution in [0, 0.1) is 0 Å². The lowest BCUT2D eigenvalue weighted by Crippen LogP contribution is -2.05. The van der Waals surface area contributed by atoms with E-state index in [2.05, 4.69) is 6.58 Å². The molecule has 0 aliphatic heterocycles. The summed E-state index contributed by atoms with van der Waals surface area (Å²) in [5.74, 6) is 0.672. The average molecular weight is 304 g/mol. The molecule has 0 amide bonds. The zero-order valence-corrected chi connectivity index (χ0v) is 13.7. The molecule has 3 heteroatoms. The van der Waals surface area contributed by atoms with Crippen molar-refractivity contribution in [1.29, 1.82) is 0 Å². The maximum Gasteiger partial charge on any atom is 0.333 e. The molecule has 0 saturated heterocycles. The number of hydrogen-bond acceptors (Lipinski definition) is 3. The van der Waals surface area contributed by atoms with E-state index in [1.165, 1.54) is 25.7 Å². The molecule has 0 atom stereocenters. The number of para-hydroxylation sites is 1. The molecule has 22 heavy (non-hydrogen) atoms. The fourth-order valence-electron chi connectivity index (χ4n) is 2.08. The zero-order valence-electron chi connectivity index (χ0n) is 13.7. The second kappa shape index (κ2) is 11.8. The van der Waals surface area contributed by atoms with Crippen molar-refractivity contribution in [2.75, 3.05) is 13.2 Å². The summed E-state index contributed by atoms with van der Waals surface area (Å²) >= 11 is 0. The lowest BCUT2D eigenvalue weighted by molar-refractivity contribution is -0.139. The second-order valence-corrected chi connectivity index (χ2v) is 5.55. The van der Waals surface area contributed by atoms with Gasteiger partial charge in [-0.15, -0.1) is 0 Å². The van der Waals surface area contributed by atoms with Crippen LogP contribution in [-0.4, -0.2) is 19.2 Å². The quantitative estimate of drug-likeness (QED) is 0.312. The highest BCUT2D eigenvalue weighted by Crippen LogP contribution is 2.11. The van der Waals surface area contributed by atoms with Crippen LogP contribution in [0.3, 0.4) is 0 Å². The van der Waals surface area contributed by atoms with Gasteiger partial charge in [0.25, 0.3) is 0 Å². The summed E-state index contributed by atoms with van der Waals surface area (Å²) in [6, 6.07) is 9.94. The lowest BCUT2D eigenvalue weighted by atomic mass is 10.1. The third kappa shape index (κ3) is 9.22. The maximum absolute atomic E-state index is 11.1. The fourth-order valence-corrected chi connectivity index (χ4v) is 2.08. The Bertz CT molecular complexity index is 426. The third-order valence-corrected chi connectivity index (χ3v) is 3.38. The minimum atomic E-state index is -0.279. The van der Waals surface area contributed by atoms with Crippen LogP contribution in [0.4, 0.5) is 0 Å². The molecule has 0 unspecified atom stereocenters. The minimum Gasteiger partial charge on any atom is -0.494 e. The van der Waals surface area contributed by atoms with Crippen molar-refractivity contribution < 1.29 is 14.3 Å². The van der Waals surface area contributed by atoms with E-state index in [-0.39, 0.29) is 5.97 Å². The van der Waals surface area contributed by atoms with Crippen molar-refractivity contribution in [2.24, 2.45) is 0 Å². The smallest absolute Gasteiger partial charge is 0.333 e. The molecule has 0 heterocycles. The number of carbonyl (C=O) groups excluding carboxylic acids is 1. The van der Waals surface area contributed by atoms with Gasteiger partial charge in [0, 0.05) is 5.57 Å². The van der Waals surface area contributed by atoms with Gasteiger partial charge in [0.2, 0.25) is 0 Å². The van der Waals surface area contributed by atoms with Crippen molar-refractivity contribution >= 4 is 5.97 Å². The molecule has 0 fully saturated rings. The van der Waals surface area contributed by atoms with Crippen LogP contribution in [-0.2, 0) is 9.53 Å². The fraction of sp³-hybridized carbons (Fsp3) is 0.526. The Labute approximate surface area is 134 Å². The predicted molar refractivity (Wildman–Crippen MR) is 90.0 cm³/mol. The number of rotatable bonds is 12. The Morgan fingerprint density at radius 3 is 2.05 bits per heavy atom. The predicted octanol–water partition coefficient (Wildman–Crippen LogP) is 4.92. The molecule has 1 rings (SSSR count). The van der Waals surface area contributed by atoms with Crippen LogP contribution < -0.4 is 4.74 Å². The topological polar surface area (TPSA) is 35.5 Å². The van der Waals surface area contributed by atoms with E-state index in [9.17, 15) is 4.79 Å². The summed E-state index contributed by atoms with van der Waals surface area (Å²) in [6.07, 6.45) is 8.04. The Kier molecular flexibility index (Phi) is 9.84. The molecule has 3 nitrogen and oxygen atoms in total. The Balaban J connectivity index is 1.82. The number of hydrogen-bond donors (Lipinski definition) is 0. The SMILES string of the molecule is C=C(C)C(=O)OCCCCCCCCCOc1ccccc1. The van der Waals surface area contributed by atoms with Crippen molar-refractivity contribution in [3.05, 3.63) is 42.5 Å². The normalized spacial score (nSPS) is 10.2. The average Bonchev–Trinajstić information content (AvgIpc) is 2.53. The van der Waals surface area contributed by atoms with Gasteiger partial charge in [0.05, 0.1) is 13.2 Å². The van der Waals surface area contributed by atoms with E-state index >= 15 is 0 Å². The van der Waals surface area contributed by atoms with Gasteiger partial charge in [0.15, 0.2) is 0 Å². The van der Waals surface area contributed by atoms with Gasteiger partial charge in [-0.1, -0.05) is 56.9 Å². The van der Waals surface area contributed by atoms with Gasteiger partial charge in [0.1, 0.15) is 5.75 Å². The Morgan fingerprint density at radius 1 is 0.909 bits per heavy atom. The maximum atomic E-state index is 11.1. The first kappa shape index (κ1) is 18.3. The highest BCUT2D eigenvalue weighted by Gasteiger charge is 2.01. The van der Waals surface area contributed by atoms with E-state index in [4.69, 9.17) is 9.47 Å². The number of benzene rings is 1. The summed E-state index contributed by atoms with van der Waals surface area (Å²) < 4.78 is 10.7. The lowest BCUT2D eigenvalue weighted by Gasteiger charge is -2.06. The van der Waals surface area contributed by atoms with Gasteiger partial charge < -0.3 is 9.47 Å². The molecule has 0 radical (unpaired) electrons. The van der Waals surface area contributed by atoms with Gasteiger partial charge in [-0.25, -0.2) is 4.79 Å². The summed E-state index contributed by atoms with van der Waals surface area (Å²) in [5.41, 5.74) is 0.470. The van der Waals surface area contributed by atoms with Gasteiger partial charge in [-0.2, -0.15) is 0 Å². The summed E-state index contributed by atoms with van der Waals surface area (Å²) in [6.45, 7) is 6.53. The van der Waals surface area contributed by atoms with Crippen molar-refractivity contribution in [1.82, 2.24) is 0 Å². The van der Waals surface area contributed by atoms with E-state index in [0.29, 0.717) is 12.2 Å². The molecule has 0 aromatic heterocycles. The van der Waals surface area contributed by atoms with Crippen LogP contribution in [0.5, 0.6) is 5.75 Å². The Hall–Kier alpha value is -1.77. The van der Waals surface area contributed by atoms with Crippen molar-refractivity contribution in [3.8, 4) is 5.75 Å². The highest BCUT2D eigenvalue weighted by molar-refractivity contribution is 5.86. The number of carbonyl (C=O) groups is 1. The first-order valence-electron chi connectivity index (χ1n) is 8.20. The third-order valence-electron chi connectivity index (χ3n) is 3.38. The van der Waals surface area contributed by atoms with Crippen LogP contribution in [0.15, 0.2) is 42.5 Å². The van der Waals surface area contributed by atoms with Gasteiger partial charge >= 0.3 is 5.97 Å². The molecule has 0 aliphatic carbocycles. The standard InChI is InChI=1S/C19H28O3/c1-17(2)19(20)22-16-12-7-5-3-4-6-11-15-21-18-13-9-8-10-14-18/h8-10,13-14H,1,3-7,11-12,15-16H2,2H3. The summed E-state index contributed by atoms with van der Waals surface area (Å²) in [5, 5.41) is 0. The molecule has 0 spiro atoms. The van der Waals surface area contributed by atoms with Crippen molar-refractivity contribution in [2.45, 2.75) is 51.9 Å². The number of ether oxygens (including phenoxy) is 2. The molecule has 0 saturated carbocycles. The molecule has 1 aromatic rings. The largest absolute Gasteiger partial charge is 0.494 e. The van der Waals surface area contributed by atoms with Crippen LogP contribution in [0.25, 0.3) is 0 Å². The number of esters is 1. The first-order valence-corrected chi connectivity index (χ1v) is 8.20. The summed E-state index contributed by atoms with van der Waals surface area (Å²) in [4.78, 5) is 11.1. The molecule has 1 aromatic carbocycles. The van der Waals surface area contributed by atoms with E-state index in [0.717, 1.165) is 31.6 Å². The van der Waals surface area contributed by atoms with Crippen LogP contribution in [0.2, 0.25) is 0 Å². The molecule has 0 bridgehead atoms. The van der Waals surface area contributed by atoms with E-state index in [1.807, 2.05) is 30.3 Å². The Morgan fingerprint density at radius 2 is 1.45 bits per heavy atom. The monoisotopic (exact) mass is 304 g/mol. The van der Waals surface area contributed by atoms with E-state index < -0.39 is 0 Å².